The van der Waals surface area contributed by atoms with Gasteiger partial charge in [-0.05, 0) is 100 Å². The van der Waals surface area contributed by atoms with Crippen LogP contribution in [0.4, 0.5) is 11.5 Å². The van der Waals surface area contributed by atoms with Gasteiger partial charge < -0.3 is 14.5 Å². The van der Waals surface area contributed by atoms with Crippen molar-refractivity contribution in [2.24, 2.45) is 22.0 Å². The zero-order chi connectivity index (χ0) is 26.9. The third kappa shape index (κ3) is 8.07. The number of nitrogens with one attached hydrogen (secondary N) is 1. The molecular weight excluding hydrogens is 500 g/mol. The zero-order valence-electron chi connectivity index (χ0n) is 23.9. The molecule has 1 aromatic heterocycles. The average molecular weight is 547 g/mol. The second-order valence-electron chi connectivity index (χ2n) is 11.7. The molecule has 4 heterocycles. The van der Waals surface area contributed by atoms with E-state index in [4.69, 9.17) is 4.98 Å². The number of benzene rings is 1. The lowest BCUT2D eigenvalue weighted by Crippen LogP contribution is -2.36. The molecule has 3 aliphatic rings. The quantitative estimate of drug-likeness (QED) is 0.224. The summed E-state index contributed by atoms with van der Waals surface area (Å²) >= 11 is 1.75. The fourth-order valence-electron chi connectivity index (χ4n) is 6.13. The van der Waals surface area contributed by atoms with Crippen LogP contribution in [0.1, 0.15) is 82.3 Å². The average Bonchev–Trinajstić information content (AvgIpc) is 3.48. The Labute approximate surface area is 239 Å². The highest BCUT2D eigenvalue weighted by molar-refractivity contribution is 8.00. The molecule has 5 rings (SSSR count). The van der Waals surface area contributed by atoms with Crippen LogP contribution in [0, 0.1) is 11.8 Å². The lowest BCUT2D eigenvalue weighted by atomic mass is 9.88. The van der Waals surface area contributed by atoms with Gasteiger partial charge in [-0.3, -0.25) is 0 Å². The minimum absolute atomic E-state index is 0.765. The lowest BCUT2D eigenvalue weighted by molar-refractivity contribution is 0.208. The number of hydrogen-bond acceptors (Lipinski definition) is 7. The molecule has 210 valence electrons. The van der Waals surface area contributed by atoms with E-state index in [9.17, 15) is 0 Å². The minimum atomic E-state index is 0.765. The van der Waals surface area contributed by atoms with E-state index in [0.717, 1.165) is 71.2 Å². The van der Waals surface area contributed by atoms with Crippen molar-refractivity contribution in [3.63, 3.8) is 0 Å². The van der Waals surface area contributed by atoms with E-state index in [2.05, 4.69) is 75.1 Å². The van der Waals surface area contributed by atoms with Crippen LogP contribution in [0.15, 0.2) is 52.8 Å². The van der Waals surface area contributed by atoms with Crippen LogP contribution < -0.4 is 9.62 Å². The van der Waals surface area contributed by atoms with Crippen molar-refractivity contribution in [1.29, 1.82) is 0 Å². The molecule has 2 fully saturated rings. The summed E-state index contributed by atoms with van der Waals surface area (Å²) in [5, 5.41) is 9.12. The first-order chi connectivity index (χ1) is 19.2. The van der Waals surface area contributed by atoms with Crippen LogP contribution in [-0.2, 0) is 0 Å². The summed E-state index contributed by atoms with van der Waals surface area (Å²) in [5.74, 6) is 3.96. The molecule has 1 N–H and O–H groups in total. The smallest absolute Gasteiger partial charge is 0.129 e. The van der Waals surface area contributed by atoms with Crippen molar-refractivity contribution in [2.75, 3.05) is 48.6 Å². The Balaban J connectivity index is 1.09. The number of likely N-dealkylation sites (tertiary alicyclic amines) is 1. The summed E-state index contributed by atoms with van der Waals surface area (Å²) in [5.41, 5.74) is 5.50. The fraction of sp³-hybridized carbons (Fsp3) is 0.594. The topological polar surface area (TPSA) is 56.1 Å². The van der Waals surface area contributed by atoms with Gasteiger partial charge >= 0.3 is 0 Å². The fourth-order valence-corrected chi connectivity index (χ4v) is 6.74. The van der Waals surface area contributed by atoms with Crippen LogP contribution in [0.5, 0.6) is 0 Å². The van der Waals surface area contributed by atoms with E-state index in [1.807, 2.05) is 6.20 Å². The molecule has 0 aliphatic carbocycles. The minimum Gasteiger partial charge on any atom is -0.356 e. The Morgan fingerprint density at radius 3 is 2.41 bits per heavy atom. The van der Waals surface area contributed by atoms with Crippen molar-refractivity contribution in [1.82, 2.24) is 9.88 Å². The molecule has 0 saturated carbocycles. The molecule has 1 aromatic carbocycles. The molecule has 6 nitrogen and oxygen atoms in total. The van der Waals surface area contributed by atoms with Crippen molar-refractivity contribution in [3.8, 4) is 0 Å². The molecule has 1 unspecified atom stereocenters. The number of aromatic nitrogens is 1. The molecule has 0 radical (unpaired) electrons. The van der Waals surface area contributed by atoms with Crippen molar-refractivity contribution in [3.05, 3.63) is 53.7 Å². The summed E-state index contributed by atoms with van der Waals surface area (Å²) in [7, 11) is 2.26. The molecule has 0 bridgehead atoms. The van der Waals surface area contributed by atoms with Crippen molar-refractivity contribution >= 4 is 34.9 Å². The van der Waals surface area contributed by atoms with Gasteiger partial charge in [0.1, 0.15) is 5.82 Å². The third-order valence-electron chi connectivity index (χ3n) is 8.58. The predicted octanol–water partition coefficient (Wildman–Crippen LogP) is 7.27. The first kappa shape index (κ1) is 28.2. The predicted molar refractivity (Wildman–Crippen MR) is 168 cm³/mol. The van der Waals surface area contributed by atoms with Gasteiger partial charge in [0.2, 0.25) is 0 Å². The number of anilines is 2. The molecule has 0 spiro atoms. The Bertz CT molecular complexity index is 1110. The van der Waals surface area contributed by atoms with Gasteiger partial charge in [-0.1, -0.05) is 50.3 Å². The molecule has 2 saturated heterocycles. The molecule has 3 aliphatic heterocycles. The zero-order valence-corrected chi connectivity index (χ0v) is 24.8. The molecular formula is C32H46N6S. The SMILES string of the molecule is CCCSNc1ccc(C2=NN=C(c3ccnc(N4CCCC(CCCCC5CCN(C)CC5)C4)c3)C2)cc1. The Hall–Kier alpha value is -2.38. The highest BCUT2D eigenvalue weighted by Gasteiger charge is 2.23. The maximum absolute atomic E-state index is 4.77. The number of nitrogens with zero attached hydrogens (tertiary/aromatic N) is 5. The van der Waals surface area contributed by atoms with Crippen molar-refractivity contribution in [2.45, 2.75) is 71.1 Å². The first-order valence-electron chi connectivity index (χ1n) is 15.2. The summed E-state index contributed by atoms with van der Waals surface area (Å²) < 4.78 is 3.40. The molecule has 2 aromatic rings. The Morgan fingerprint density at radius 2 is 1.64 bits per heavy atom. The Morgan fingerprint density at radius 1 is 0.897 bits per heavy atom. The number of rotatable bonds is 12. The summed E-state index contributed by atoms with van der Waals surface area (Å²) in [6, 6.07) is 12.9. The van der Waals surface area contributed by atoms with Gasteiger partial charge in [-0.25, -0.2) is 4.98 Å². The number of unbranched alkanes of at least 4 members (excludes halogenated alkanes) is 1. The van der Waals surface area contributed by atoms with E-state index in [1.54, 1.807) is 11.9 Å². The van der Waals surface area contributed by atoms with E-state index in [0.29, 0.717) is 0 Å². The van der Waals surface area contributed by atoms with Crippen LogP contribution in [0.25, 0.3) is 0 Å². The van der Waals surface area contributed by atoms with Crippen molar-refractivity contribution < 1.29 is 0 Å². The second kappa shape index (κ2) is 14.3. The molecule has 1 atom stereocenters. The highest BCUT2D eigenvalue weighted by atomic mass is 32.2. The van der Waals surface area contributed by atoms with E-state index >= 15 is 0 Å². The summed E-state index contributed by atoms with van der Waals surface area (Å²) in [6.45, 7) is 7.01. The normalized spacial score (nSPS) is 20.7. The van der Waals surface area contributed by atoms with E-state index < -0.39 is 0 Å². The van der Waals surface area contributed by atoms with Crippen LogP contribution >= 0.6 is 11.9 Å². The summed E-state index contributed by atoms with van der Waals surface area (Å²) in [6.07, 6.45) is 14.9. The van der Waals surface area contributed by atoms with Gasteiger partial charge in [-0.2, -0.15) is 10.2 Å². The molecule has 39 heavy (non-hydrogen) atoms. The van der Waals surface area contributed by atoms with Gasteiger partial charge in [0.25, 0.3) is 0 Å². The van der Waals surface area contributed by atoms with E-state index in [-0.39, 0.29) is 0 Å². The van der Waals surface area contributed by atoms with Gasteiger partial charge in [-0.15, -0.1) is 0 Å². The monoisotopic (exact) mass is 546 g/mol. The van der Waals surface area contributed by atoms with Gasteiger partial charge in [0, 0.05) is 42.7 Å². The second-order valence-corrected chi connectivity index (χ2v) is 12.6. The van der Waals surface area contributed by atoms with Crippen LogP contribution in [-0.4, -0.2) is 60.3 Å². The maximum Gasteiger partial charge on any atom is 0.129 e. The molecule has 7 heteroatoms. The maximum atomic E-state index is 4.77. The Kier molecular flexibility index (Phi) is 10.3. The standard InChI is InChI=1S/C32H46N6S/c1-3-21-39-36-29-12-10-27(11-13-29)30-23-31(35-34-30)28-14-17-33-32(22-28)38-18-6-9-26(24-38)8-5-4-7-25-15-19-37(2)20-16-25/h10-14,17,22,25-26,36H,3-9,15-16,18-21,23-24H2,1-2H3. The molecule has 0 amide bonds. The first-order valence-corrected chi connectivity index (χ1v) is 16.2. The van der Waals surface area contributed by atoms with Gasteiger partial charge in [0.15, 0.2) is 0 Å². The van der Waals surface area contributed by atoms with Gasteiger partial charge in [0.05, 0.1) is 11.4 Å². The number of hydrogen-bond donors (Lipinski definition) is 1. The van der Waals surface area contributed by atoms with Crippen LogP contribution in [0.2, 0.25) is 0 Å². The largest absolute Gasteiger partial charge is 0.356 e. The number of pyridine rings is 1. The summed E-state index contributed by atoms with van der Waals surface area (Å²) in [4.78, 5) is 9.76. The highest BCUT2D eigenvalue weighted by Crippen LogP contribution is 2.28. The lowest BCUT2D eigenvalue weighted by Gasteiger charge is -2.34. The number of piperidine rings is 2. The van der Waals surface area contributed by atoms with Crippen LogP contribution in [0.3, 0.4) is 0 Å². The van der Waals surface area contributed by atoms with E-state index in [1.165, 1.54) is 70.9 Å². The third-order valence-corrected chi connectivity index (χ3v) is 9.57.